The smallest absolute Gasteiger partial charge is 0.270 e. The topological polar surface area (TPSA) is 75.2 Å². The Morgan fingerprint density at radius 2 is 2.11 bits per heavy atom. The maximum absolute atomic E-state index is 13.1. The number of anilines is 1. The van der Waals surface area contributed by atoms with Gasteiger partial charge in [-0.3, -0.25) is 19.5 Å². The first kappa shape index (κ1) is 17.6. The van der Waals surface area contributed by atoms with Gasteiger partial charge in [0, 0.05) is 18.8 Å². The van der Waals surface area contributed by atoms with Crippen LogP contribution < -0.4 is 10.2 Å². The molecule has 1 aliphatic carbocycles. The summed E-state index contributed by atoms with van der Waals surface area (Å²) in [5.74, 6) is -0.119. The molecule has 1 N–H and O–H groups in total. The third kappa shape index (κ3) is 3.41. The average Bonchev–Trinajstić information content (AvgIpc) is 2.99. The van der Waals surface area contributed by atoms with Gasteiger partial charge in [0.15, 0.2) is 0 Å². The Labute approximate surface area is 156 Å². The summed E-state index contributed by atoms with van der Waals surface area (Å²) in [5, 5.41) is 3.03. The molecular formula is C20H21FN4O2. The van der Waals surface area contributed by atoms with Gasteiger partial charge in [-0.2, -0.15) is 0 Å². The number of halogens is 1. The summed E-state index contributed by atoms with van der Waals surface area (Å²) in [5.41, 5.74) is -0.0943. The number of nitrogens with zero attached hydrogens (tertiary/aromatic N) is 3. The monoisotopic (exact) mass is 368 g/mol. The molecule has 140 valence electrons. The molecule has 6 nitrogen and oxygen atoms in total. The fourth-order valence-corrected chi connectivity index (χ4v) is 4.23. The zero-order chi connectivity index (χ0) is 18.9. The van der Waals surface area contributed by atoms with Gasteiger partial charge >= 0.3 is 0 Å². The Hall–Kier alpha value is -2.83. The van der Waals surface area contributed by atoms with Crippen molar-refractivity contribution in [3.63, 3.8) is 0 Å². The molecule has 0 unspecified atom stereocenters. The summed E-state index contributed by atoms with van der Waals surface area (Å²) in [6.45, 7) is 0.568. The third-order valence-corrected chi connectivity index (χ3v) is 5.58. The van der Waals surface area contributed by atoms with Crippen molar-refractivity contribution in [2.75, 3.05) is 11.4 Å². The van der Waals surface area contributed by atoms with Gasteiger partial charge in [-0.1, -0.05) is 12.5 Å². The summed E-state index contributed by atoms with van der Waals surface area (Å²) in [7, 11) is 0. The number of carbonyl (C=O) groups excluding carboxylic acids is 2. The number of aromatic nitrogens is 2. The second-order valence-electron chi connectivity index (χ2n) is 7.30. The lowest BCUT2D eigenvalue weighted by Gasteiger charge is -2.36. The van der Waals surface area contributed by atoms with E-state index in [0.717, 1.165) is 31.9 Å². The summed E-state index contributed by atoms with van der Waals surface area (Å²) < 4.78 is 13.1. The van der Waals surface area contributed by atoms with Crippen molar-refractivity contribution >= 4 is 17.6 Å². The predicted octanol–water partition coefficient (Wildman–Crippen LogP) is 2.71. The van der Waals surface area contributed by atoms with Crippen LogP contribution in [0.4, 0.5) is 10.2 Å². The van der Waals surface area contributed by atoms with Crippen molar-refractivity contribution in [1.29, 1.82) is 0 Å². The van der Waals surface area contributed by atoms with Gasteiger partial charge in [0.25, 0.3) is 5.91 Å². The fourth-order valence-electron chi connectivity index (χ4n) is 4.23. The molecule has 2 aliphatic rings. The SMILES string of the molecule is O=C(N[C@H]1CCC[C@]2(CCN(c3ccc(F)cn3)C2=O)C1)c1ccccn1. The molecule has 0 aromatic carbocycles. The van der Waals surface area contributed by atoms with Crippen LogP contribution in [0, 0.1) is 11.2 Å². The van der Waals surface area contributed by atoms with Crippen molar-refractivity contribution in [1.82, 2.24) is 15.3 Å². The highest BCUT2D eigenvalue weighted by Gasteiger charge is 2.50. The van der Waals surface area contributed by atoms with Crippen LogP contribution in [0.1, 0.15) is 42.6 Å². The molecule has 0 radical (unpaired) electrons. The highest BCUT2D eigenvalue weighted by molar-refractivity contribution is 5.99. The first-order chi connectivity index (χ1) is 13.1. The van der Waals surface area contributed by atoms with Gasteiger partial charge in [-0.25, -0.2) is 9.37 Å². The number of pyridine rings is 2. The van der Waals surface area contributed by atoms with Crippen molar-refractivity contribution in [3.8, 4) is 0 Å². The molecular weight excluding hydrogens is 347 g/mol. The Kier molecular flexibility index (Phi) is 4.59. The number of rotatable bonds is 3. The number of nitrogens with one attached hydrogen (secondary N) is 1. The maximum Gasteiger partial charge on any atom is 0.270 e. The van der Waals surface area contributed by atoms with Crippen LogP contribution >= 0.6 is 0 Å². The Balaban J connectivity index is 1.46. The molecule has 2 fully saturated rings. The molecule has 1 saturated heterocycles. The summed E-state index contributed by atoms with van der Waals surface area (Å²) in [6, 6.07) is 8.02. The quantitative estimate of drug-likeness (QED) is 0.904. The van der Waals surface area contributed by atoms with E-state index in [9.17, 15) is 14.0 Å². The number of carbonyl (C=O) groups is 2. The zero-order valence-corrected chi connectivity index (χ0v) is 14.9. The lowest BCUT2D eigenvalue weighted by Crippen LogP contribution is -2.46. The van der Waals surface area contributed by atoms with E-state index < -0.39 is 11.2 Å². The highest BCUT2D eigenvalue weighted by Crippen LogP contribution is 2.45. The molecule has 2 aromatic rings. The molecule has 2 atom stereocenters. The van der Waals surface area contributed by atoms with Crippen LogP contribution in [0.5, 0.6) is 0 Å². The van der Waals surface area contributed by atoms with E-state index in [2.05, 4.69) is 15.3 Å². The van der Waals surface area contributed by atoms with E-state index in [1.54, 1.807) is 29.3 Å². The maximum atomic E-state index is 13.1. The van der Waals surface area contributed by atoms with Crippen LogP contribution in [0.3, 0.4) is 0 Å². The number of hydrogen-bond acceptors (Lipinski definition) is 4. The second kappa shape index (κ2) is 7.06. The molecule has 3 heterocycles. The molecule has 2 amide bonds. The van der Waals surface area contributed by atoms with E-state index in [1.165, 1.54) is 12.1 Å². The van der Waals surface area contributed by atoms with Gasteiger partial charge in [-0.15, -0.1) is 0 Å². The van der Waals surface area contributed by atoms with Crippen molar-refractivity contribution in [2.45, 2.75) is 38.1 Å². The first-order valence-corrected chi connectivity index (χ1v) is 9.23. The average molecular weight is 368 g/mol. The Bertz CT molecular complexity index is 843. The van der Waals surface area contributed by atoms with Crippen LogP contribution in [0.15, 0.2) is 42.7 Å². The van der Waals surface area contributed by atoms with E-state index in [0.29, 0.717) is 24.5 Å². The molecule has 1 saturated carbocycles. The molecule has 4 rings (SSSR count). The van der Waals surface area contributed by atoms with E-state index in [1.807, 2.05) is 0 Å². The van der Waals surface area contributed by atoms with Gasteiger partial charge in [0.1, 0.15) is 17.3 Å². The van der Waals surface area contributed by atoms with Gasteiger partial charge < -0.3 is 5.32 Å². The summed E-state index contributed by atoms with van der Waals surface area (Å²) in [6.07, 6.45) is 6.59. The lowest BCUT2D eigenvalue weighted by molar-refractivity contribution is -0.127. The minimum atomic E-state index is -0.476. The van der Waals surface area contributed by atoms with Crippen molar-refractivity contribution in [3.05, 3.63) is 54.2 Å². The second-order valence-corrected chi connectivity index (χ2v) is 7.30. The third-order valence-electron chi connectivity index (χ3n) is 5.58. The number of hydrogen-bond donors (Lipinski definition) is 1. The largest absolute Gasteiger partial charge is 0.348 e. The van der Waals surface area contributed by atoms with E-state index >= 15 is 0 Å². The number of amides is 2. The van der Waals surface area contributed by atoms with E-state index in [4.69, 9.17) is 0 Å². The standard InChI is InChI=1S/C20H21FN4O2/c21-14-6-7-17(23-13-14)25-11-9-20(19(25)27)8-3-4-15(12-20)24-18(26)16-5-1-2-10-22-16/h1-2,5-7,10,13,15H,3-4,8-9,11-12H2,(H,24,26)/t15-,20-/m0/s1. The molecule has 2 aromatic heterocycles. The summed E-state index contributed by atoms with van der Waals surface area (Å²) >= 11 is 0. The molecule has 1 aliphatic heterocycles. The van der Waals surface area contributed by atoms with Gasteiger partial charge in [0.05, 0.1) is 11.6 Å². The van der Waals surface area contributed by atoms with Gasteiger partial charge in [-0.05, 0) is 49.9 Å². The van der Waals surface area contributed by atoms with Crippen molar-refractivity contribution in [2.24, 2.45) is 5.41 Å². The molecule has 1 spiro atoms. The fraction of sp³-hybridized carbons (Fsp3) is 0.400. The predicted molar refractivity (Wildman–Crippen MR) is 97.6 cm³/mol. The molecule has 0 bridgehead atoms. The minimum absolute atomic E-state index is 0.0263. The van der Waals surface area contributed by atoms with Crippen LogP contribution in [-0.4, -0.2) is 34.4 Å². The summed E-state index contributed by atoms with van der Waals surface area (Å²) in [4.78, 5) is 35.3. The Morgan fingerprint density at radius 3 is 2.85 bits per heavy atom. The van der Waals surface area contributed by atoms with Crippen LogP contribution in [0.2, 0.25) is 0 Å². The van der Waals surface area contributed by atoms with Crippen LogP contribution in [-0.2, 0) is 4.79 Å². The highest BCUT2D eigenvalue weighted by atomic mass is 19.1. The zero-order valence-electron chi connectivity index (χ0n) is 14.9. The lowest BCUT2D eigenvalue weighted by atomic mass is 9.71. The van der Waals surface area contributed by atoms with Gasteiger partial charge in [0.2, 0.25) is 5.91 Å². The molecule has 7 heteroatoms. The van der Waals surface area contributed by atoms with E-state index in [-0.39, 0.29) is 17.9 Å². The van der Waals surface area contributed by atoms with Crippen LogP contribution in [0.25, 0.3) is 0 Å². The minimum Gasteiger partial charge on any atom is -0.348 e. The van der Waals surface area contributed by atoms with Crippen molar-refractivity contribution < 1.29 is 14.0 Å². The molecule has 27 heavy (non-hydrogen) atoms. The Morgan fingerprint density at radius 1 is 1.22 bits per heavy atom. The first-order valence-electron chi connectivity index (χ1n) is 9.23. The normalized spacial score (nSPS) is 25.0.